The molecule has 0 aromatic heterocycles. The molecule has 1 fully saturated rings. The highest BCUT2D eigenvalue weighted by Gasteiger charge is 2.23. The van der Waals surface area contributed by atoms with Crippen LogP contribution in [0.25, 0.3) is 0 Å². The number of hydrogen-bond acceptors (Lipinski definition) is 3. The number of rotatable bonds is 5. The van der Waals surface area contributed by atoms with Crippen molar-refractivity contribution in [2.45, 2.75) is 38.4 Å². The fraction of sp³-hybridized carbons (Fsp3) is 0.391. The van der Waals surface area contributed by atoms with Gasteiger partial charge in [0.2, 0.25) is 0 Å². The molecule has 2 aromatic carbocycles. The van der Waals surface area contributed by atoms with Crippen LogP contribution in [-0.2, 0) is 6.54 Å². The lowest BCUT2D eigenvalue weighted by molar-refractivity contribution is 0.158. The Kier molecular flexibility index (Phi) is 7.05. The van der Waals surface area contributed by atoms with E-state index in [2.05, 4.69) is 63.9 Å². The van der Waals surface area contributed by atoms with E-state index >= 15 is 0 Å². The zero-order valence-electron chi connectivity index (χ0n) is 16.7. The summed E-state index contributed by atoms with van der Waals surface area (Å²) in [6.45, 7) is 5.15. The van der Waals surface area contributed by atoms with E-state index in [9.17, 15) is 0 Å². The first-order chi connectivity index (χ1) is 13.7. The van der Waals surface area contributed by atoms with Crippen LogP contribution in [0, 0.1) is 11.3 Å². The van der Waals surface area contributed by atoms with Gasteiger partial charge in [0.1, 0.15) is 0 Å². The maximum Gasteiger partial charge on any atom is 0.191 e. The van der Waals surface area contributed by atoms with Crippen molar-refractivity contribution in [3.05, 3.63) is 71.3 Å². The SMILES string of the molecule is CN=C(NCc1ccc(C#N)cc1)NC1CCN(C(C)c2ccccc2)CC1. The first-order valence-corrected chi connectivity index (χ1v) is 9.95. The fourth-order valence-corrected chi connectivity index (χ4v) is 3.64. The van der Waals surface area contributed by atoms with E-state index in [1.807, 2.05) is 24.3 Å². The van der Waals surface area contributed by atoms with Gasteiger partial charge in [-0.3, -0.25) is 9.89 Å². The Labute approximate surface area is 168 Å². The van der Waals surface area contributed by atoms with Crippen LogP contribution >= 0.6 is 0 Å². The summed E-state index contributed by atoms with van der Waals surface area (Å²) in [5.41, 5.74) is 3.20. The van der Waals surface area contributed by atoms with Gasteiger partial charge in [0.25, 0.3) is 0 Å². The summed E-state index contributed by atoms with van der Waals surface area (Å²) in [5, 5.41) is 15.8. The topological polar surface area (TPSA) is 63.5 Å². The molecule has 2 N–H and O–H groups in total. The Morgan fingerprint density at radius 1 is 1.14 bits per heavy atom. The Balaban J connectivity index is 1.45. The number of nitriles is 1. The Morgan fingerprint density at radius 2 is 1.82 bits per heavy atom. The highest BCUT2D eigenvalue weighted by atomic mass is 15.2. The van der Waals surface area contributed by atoms with Crippen molar-refractivity contribution in [2.24, 2.45) is 4.99 Å². The third-order valence-corrected chi connectivity index (χ3v) is 5.47. The predicted octanol–water partition coefficient (Wildman–Crippen LogP) is 3.45. The number of nitrogens with zero attached hydrogens (tertiary/aromatic N) is 3. The second-order valence-electron chi connectivity index (χ2n) is 7.28. The third kappa shape index (κ3) is 5.34. The first-order valence-electron chi connectivity index (χ1n) is 9.95. The van der Waals surface area contributed by atoms with Crippen LogP contribution in [0.1, 0.15) is 42.5 Å². The molecule has 1 aliphatic rings. The molecule has 146 valence electrons. The number of benzene rings is 2. The van der Waals surface area contributed by atoms with Crippen molar-refractivity contribution in [1.82, 2.24) is 15.5 Å². The Hall–Kier alpha value is -2.84. The van der Waals surface area contributed by atoms with Crippen molar-refractivity contribution in [1.29, 1.82) is 5.26 Å². The summed E-state index contributed by atoms with van der Waals surface area (Å²) in [6.07, 6.45) is 2.21. The van der Waals surface area contributed by atoms with E-state index in [1.165, 1.54) is 5.56 Å². The summed E-state index contributed by atoms with van der Waals surface area (Å²) < 4.78 is 0. The maximum atomic E-state index is 8.89. The molecule has 0 amide bonds. The van der Waals surface area contributed by atoms with Gasteiger partial charge in [0, 0.05) is 38.8 Å². The van der Waals surface area contributed by atoms with E-state index in [-0.39, 0.29) is 0 Å². The smallest absolute Gasteiger partial charge is 0.191 e. The monoisotopic (exact) mass is 375 g/mol. The van der Waals surface area contributed by atoms with Crippen LogP contribution in [-0.4, -0.2) is 37.0 Å². The number of piperidine rings is 1. The maximum absolute atomic E-state index is 8.89. The van der Waals surface area contributed by atoms with Gasteiger partial charge < -0.3 is 10.6 Å². The predicted molar refractivity (Wildman–Crippen MR) is 114 cm³/mol. The van der Waals surface area contributed by atoms with E-state index in [4.69, 9.17) is 5.26 Å². The fourth-order valence-electron chi connectivity index (χ4n) is 3.64. The molecular weight excluding hydrogens is 346 g/mol. The average Bonchev–Trinajstić information content (AvgIpc) is 2.77. The average molecular weight is 376 g/mol. The van der Waals surface area contributed by atoms with Gasteiger partial charge in [-0.25, -0.2) is 0 Å². The molecule has 0 spiro atoms. The van der Waals surface area contributed by atoms with Crippen molar-refractivity contribution in [3.63, 3.8) is 0 Å². The minimum Gasteiger partial charge on any atom is -0.354 e. The van der Waals surface area contributed by atoms with E-state index in [1.54, 1.807) is 7.05 Å². The summed E-state index contributed by atoms with van der Waals surface area (Å²) in [7, 11) is 1.81. The Morgan fingerprint density at radius 3 is 2.43 bits per heavy atom. The van der Waals surface area contributed by atoms with Gasteiger partial charge in [0.05, 0.1) is 11.6 Å². The molecule has 1 atom stereocenters. The molecule has 0 radical (unpaired) electrons. The normalized spacial score (nSPS) is 17.0. The van der Waals surface area contributed by atoms with Crippen molar-refractivity contribution in [2.75, 3.05) is 20.1 Å². The van der Waals surface area contributed by atoms with E-state index in [0.29, 0.717) is 24.2 Å². The molecule has 28 heavy (non-hydrogen) atoms. The van der Waals surface area contributed by atoms with Gasteiger partial charge >= 0.3 is 0 Å². The lowest BCUT2D eigenvalue weighted by Gasteiger charge is -2.37. The minimum absolute atomic E-state index is 0.436. The van der Waals surface area contributed by atoms with Gasteiger partial charge in [-0.05, 0) is 43.0 Å². The molecule has 5 nitrogen and oxygen atoms in total. The minimum atomic E-state index is 0.436. The van der Waals surface area contributed by atoms with Gasteiger partial charge in [-0.1, -0.05) is 42.5 Å². The second-order valence-corrected chi connectivity index (χ2v) is 7.28. The van der Waals surface area contributed by atoms with Crippen LogP contribution in [0.15, 0.2) is 59.6 Å². The molecule has 3 rings (SSSR count). The first kappa shape index (κ1) is 19.9. The highest BCUT2D eigenvalue weighted by molar-refractivity contribution is 5.79. The van der Waals surface area contributed by atoms with Crippen LogP contribution in [0.5, 0.6) is 0 Å². The Bertz CT molecular complexity index is 799. The molecule has 0 aliphatic carbocycles. The number of aliphatic imine (C=N–C) groups is 1. The standard InChI is InChI=1S/C23H29N5/c1-18(21-6-4-3-5-7-21)28-14-12-22(13-15-28)27-23(25-2)26-17-20-10-8-19(16-24)9-11-20/h3-11,18,22H,12-15,17H2,1-2H3,(H2,25,26,27). The molecule has 0 saturated carbocycles. The molecule has 1 saturated heterocycles. The zero-order valence-corrected chi connectivity index (χ0v) is 16.7. The molecule has 5 heteroatoms. The lowest BCUT2D eigenvalue weighted by atomic mass is 10.0. The van der Waals surface area contributed by atoms with E-state index in [0.717, 1.165) is 37.5 Å². The molecular formula is C23H29N5. The number of hydrogen-bond donors (Lipinski definition) is 2. The van der Waals surface area contributed by atoms with Gasteiger partial charge in [-0.2, -0.15) is 5.26 Å². The van der Waals surface area contributed by atoms with Crippen LogP contribution in [0.2, 0.25) is 0 Å². The largest absolute Gasteiger partial charge is 0.354 e. The quantitative estimate of drug-likeness (QED) is 0.621. The van der Waals surface area contributed by atoms with Crippen LogP contribution in [0.3, 0.4) is 0 Å². The van der Waals surface area contributed by atoms with Crippen molar-refractivity contribution >= 4 is 5.96 Å². The number of nitrogens with one attached hydrogen (secondary N) is 2. The van der Waals surface area contributed by atoms with Crippen molar-refractivity contribution in [3.8, 4) is 6.07 Å². The summed E-state index contributed by atoms with van der Waals surface area (Å²) in [6, 6.07) is 21.4. The third-order valence-electron chi connectivity index (χ3n) is 5.47. The molecule has 1 heterocycles. The zero-order chi connectivity index (χ0) is 19.8. The van der Waals surface area contributed by atoms with Crippen molar-refractivity contribution < 1.29 is 0 Å². The second kappa shape index (κ2) is 9.91. The van der Waals surface area contributed by atoms with E-state index < -0.39 is 0 Å². The highest BCUT2D eigenvalue weighted by Crippen LogP contribution is 2.23. The van der Waals surface area contributed by atoms with Gasteiger partial charge in [-0.15, -0.1) is 0 Å². The number of guanidine groups is 1. The summed E-state index contributed by atoms with van der Waals surface area (Å²) in [4.78, 5) is 6.92. The number of likely N-dealkylation sites (tertiary alicyclic amines) is 1. The molecule has 1 unspecified atom stereocenters. The van der Waals surface area contributed by atoms with Gasteiger partial charge in [0.15, 0.2) is 5.96 Å². The summed E-state index contributed by atoms with van der Waals surface area (Å²) in [5.74, 6) is 0.832. The van der Waals surface area contributed by atoms with Crippen LogP contribution < -0.4 is 10.6 Å². The lowest BCUT2D eigenvalue weighted by Crippen LogP contribution is -2.48. The van der Waals surface area contributed by atoms with Crippen LogP contribution in [0.4, 0.5) is 0 Å². The molecule has 2 aromatic rings. The molecule has 0 bridgehead atoms. The molecule has 1 aliphatic heterocycles. The summed E-state index contributed by atoms with van der Waals surface area (Å²) >= 11 is 0.